The quantitative estimate of drug-likeness (QED) is 0.807. The molecule has 5 heteroatoms. The molecule has 3 N–H and O–H groups in total. The molecule has 2 aromatic carbocycles. The van der Waals surface area contributed by atoms with Crippen LogP contribution in [0.2, 0.25) is 0 Å². The first-order chi connectivity index (χ1) is 9.52. The van der Waals surface area contributed by atoms with E-state index < -0.39 is 11.9 Å². The van der Waals surface area contributed by atoms with Crippen molar-refractivity contribution in [3.05, 3.63) is 68.4 Å². The van der Waals surface area contributed by atoms with Gasteiger partial charge in [-0.05, 0) is 51.3 Å². The molecule has 2 rings (SSSR count). The van der Waals surface area contributed by atoms with E-state index >= 15 is 0 Å². The second-order valence-electron chi connectivity index (χ2n) is 4.52. The monoisotopic (exact) mass is 401 g/mol. The van der Waals surface area contributed by atoms with Crippen LogP contribution in [-0.4, -0.2) is 11.7 Å². The molecule has 0 saturated heterocycles. The van der Waals surface area contributed by atoms with Gasteiger partial charge < -0.3 is 10.8 Å². The van der Waals surface area contributed by atoms with Crippen LogP contribution in [0.3, 0.4) is 0 Å². The highest BCUT2D eigenvalue weighted by atomic mass is 79.9. The number of benzene rings is 2. The molecule has 0 radical (unpaired) electrons. The van der Waals surface area contributed by atoms with Crippen LogP contribution < -0.4 is 5.73 Å². The lowest BCUT2D eigenvalue weighted by molar-refractivity contribution is 0.147. The van der Waals surface area contributed by atoms with E-state index in [1.54, 1.807) is 12.1 Å². The third-order valence-electron chi connectivity index (χ3n) is 3.20. The van der Waals surface area contributed by atoms with Crippen LogP contribution in [0.15, 0.2) is 51.4 Å². The highest BCUT2D eigenvalue weighted by Crippen LogP contribution is 2.32. The molecule has 106 valence electrons. The Hall–Kier alpha value is -0.750. The van der Waals surface area contributed by atoms with Gasteiger partial charge in [-0.25, -0.2) is 4.39 Å². The van der Waals surface area contributed by atoms with Gasteiger partial charge in [0.15, 0.2) is 0 Å². The highest BCUT2D eigenvalue weighted by Gasteiger charge is 2.22. The van der Waals surface area contributed by atoms with E-state index in [0.29, 0.717) is 10.0 Å². The lowest BCUT2D eigenvalue weighted by Gasteiger charge is -2.22. The minimum atomic E-state index is -0.850. The fourth-order valence-electron chi connectivity index (χ4n) is 2.11. The van der Waals surface area contributed by atoms with Crippen LogP contribution >= 0.6 is 31.9 Å². The largest absolute Gasteiger partial charge is 0.388 e. The number of hydrogen-bond donors (Lipinski definition) is 2. The van der Waals surface area contributed by atoms with Crippen molar-refractivity contribution in [2.24, 2.45) is 5.73 Å². The van der Waals surface area contributed by atoms with Crippen molar-refractivity contribution in [3.8, 4) is 0 Å². The number of aliphatic hydroxyl groups excluding tert-OH is 1. The van der Waals surface area contributed by atoms with Crippen molar-refractivity contribution in [2.75, 3.05) is 6.54 Å². The lowest BCUT2D eigenvalue weighted by atomic mass is 9.89. The van der Waals surface area contributed by atoms with E-state index in [1.807, 2.05) is 24.3 Å². The number of aliphatic hydroxyl groups is 1. The summed E-state index contributed by atoms with van der Waals surface area (Å²) in [5, 5.41) is 10.5. The van der Waals surface area contributed by atoms with Crippen molar-refractivity contribution in [1.29, 1.82) is 0 Å². The van der Waals surface area contributed by atoms with Gasteiger partial charge in [-0.3, -0.25) is 0 Å². The minimum absolute atomic E-state index is 0.273. The molecule has 0 spiro atoms. The van der Waals surface area contributed by atoms with Crippen molar-refractivity contribution < 1.29 is 9.50 Å². The summed E-state index contributed by atoms with van der Waals surface area (Å²) in [6.07, 6.45) is -0.850. The Balaban J connectivity index is 2.33. The normalized spacial score (nSPS) is 14.1. The Morgan fingerprint density at radius 3 is 2.45 bits per heavy atom. The molecule has 0 heterocycles. The summed E-state index contributed by atoms with van der Waals surface area (Å²) in [6.45, 7) is 0.273. The molecule has 2 aromatic rings. The standard InChI is InChI=1S/C15H14Br2FNO/c16-11-3-1-2-9(6-11)12(8-19)15(20)10-4-5-13(17)14(18)7-10/h1-7,12,15,20H,8,19H2. The van der Waals surface area contributed by atoms with Crippen molar-refractivity contribution >= 4 is 31.9 Å². The molecule has 2 unspecified atom stereocenters. The second kappa shape index (κ2) is 6.80. The summed E-state index contributed by atoms with van der Waals surface area (Å²) < 4.78 is 14.9. The van der Waals surface area contributed by atoms with E-state index in [4.69, 9.17) is 5.73 Å². The zero-order chi connectivity index (χ0) is 14.7. The van der Waals surface area contributed by atoms with Gasteiger partial charge in [0.25, 0.3) is 0 Å². The lowest BCUT2D eigenvalue weighted by Crippen LogP contribution is -2.20. The van der Waals surface area contributed by atoms with E-state index in [-0.39, 0.29) is 12.5 Å². The topological polar surface area (TPSA) is 46.2 Å². The smallest absolute Gasteiger partial charge is 0.137 e. The molecule has 2 nitrogen and oxygen atoms in total. The SMILES string of the molecule is NCC(c1cccc(Br)c1)C(O)c1ccc(Br)c(F)c1. The Bertz CT molecular complexity index is 606. The molecule has 0 aliphatic rings. The zero-order valence-electron chi connectivity index (χ0n) is 10.6. The summed E-state index contributed by atoms with van der Waals surface area (Å²) in [4.78, 5) is 0. The first-order valence-corrected chi connectivity index (χ1v) is 7.70. The summed E-state index contributed by atoms with van der Waals surface area (Å²) in [7, 11) is 0. The first kappa shape index (κ1) is 15.6. The Morgan fingerprint density at radius 1 is 1.10 bits per heavy atom. The Labute approximate surface area is 134 Å². The maximum Gasteiger partial charge on any atom is 0.137 e. The minimum Gasteiger partial charge on any atom is -0.388 e. The van der Waals surface area contributed by atoms with E-state index in [1.165, 1.54) is 6.07 Å². The molecule has 20 heavy (non-hydrogen) atoms. The molecule has 0 fully saturated rings. The van der Waals surface area contributed by atoms with Gasteiger partial charge in [0.1, 0.15) is 5.82 Å². The van der Waals surface area contributed by atoms with E-state index in [9.17, 15) is 9.50 Å². The van der Waals surface area contributed by atoms with Crippen LogP contribution in [0.25, 0.3) is 0 Å². The Kier molecular flexibility index (Phi) is 5.32. The van der Waals surface area contributed by atoms with Crippen molar-refractivity contribution in [1.82, 2.24) is 0 Å². The maximum absolute atomic E-state index is 13.6. The average Bonchev–Trinajstić information content (AvgIpc) is 2.42. The third-order valence-corrected chi connectivity index (χ3v) is 4.33. The van der Waals surface area contributed by atoms with Crippen LogP contribution in [0, 0.1) is 5.82 Å². The molecule has 2 atom stereocenters. The van der Waals surface area contributed by atoms with Gasteiger partial charge in [0.05, 0.1) is 10.6 Å². The summed E-state index contributed by atoms with van der Waals surface area (Å²) in [6, 6.07) is 12.2. The predicted molar refractivity (Wildman–Crippen MR) is 85.0 cm³/mol. The van der Waals surface area contributed by atoms with Crippen LogP contribution in [0.4, 0.5) is 4.39 Å². The van der Waals surface area contributed by atoms with Crippen LogP contribution in [0.1, 0.15) is 23.1 Å². The molecule has 0 aromatic heterocycles. The zero-order valence-corrected chi connectivity index (χ0v) is 13.7. The van der Waals surface area contributed by atoms with Crippen LogP contribution in [-0.2, 0) is 0 Å². The molecular formula is C15H14Br2FNO. The molecule has 0 aliphatic carbocycles. The highest BCUT2D eigenvalue weighted by molar-refractivity contribution is 9.10. The third kappa shape index (κ3) is 3.47. The molecule has 0 aliphatic heterocycles. The Morgan fingerprint density at radius 2 is 1.85 bits per heavy atom. The number of nitrogens with two attached hydrogens (primary N) is 1. The average molecular weight is 403 g/mol. The van der Waals surface area contributed by atoms with Gasteiger partial charge in [-0.2, -0.15) is 0 Å². The van der Waals surface area contributed by atoms with Gasteiger partial charge in [-0.15, -0.1) is 0 Å². The van der Waals surface area contributed by atoms with Crippen molar-refractivity contribution in [2.45, 2.75) is 12.0 Å². The van der Waals surface area contributed by atoms with Gasteiger partial charge in [-0.1, -0.05) is 34.1 Å². The second-order valence-corrected chi connectivity index (χ2v) is 6.29. The van der Waals surface area contributed by atoms with Crippen LogP contribution in [0.5, 0.6) is 0 Å². The first-order valence-electron chi connectivity index (χ1n) is 6.11. The van der Waals surface area contributed by atoms with Gasteiger partial charge >= 0.3 is 0 Å². The summed E-state index contributed by atoms with van der Waals surface area (Å²) >= 11 is 6.50. The maximum atomic E-state index is 13.6. The number of rotatable bonds is 4. The van der Waals surface area contributed by atoms with Crippen molar-refractivity contribution in [3.63, 3.8) is 0 Å². The molecule has 0 saturated carbocycles. The number of halogens is 3. The number of hydrogen-bond acceptors (Lipinski definition) is 2. The van der Waals surface area contributed by atoms with E-state index in [2.05, 4.69) is 31.9 Å². The van der Waals surface area contributed by atoms with E-state index in [0.717, 1.165) is 10.0 Å². The summed E-state index contributed by atoms with van der Waals surface area (Å²) in [5.41, 5.74) is 7.21. The fraction of sp³-hybridized carbons (Fsp3) is 0.200. The fourth-order valence-corrected chi connectivity index (χ4v) is 2.78. The summed E-state index contributed by atoms with van der Waals surface area (Å²) in [5.74, 6) is -0.681. The molecule has 0 amide bonds. The predicted octanol–water partition coefficient (Wildman–Crippen LogP) is 4.13. The molecular weight excluding hydrogens is 389 g/mol. The van der Waals surface area contributed by atoms with Gasteiger partial charge in [0.2, 0.25) is 0 Å². The molecule has 0 bridgehead atoms. The van der Waals surface area contributed by atoms with Gasteiger partial charge in [0, 0.05) is 16.9 Å².